The topological polar surface area (TPSA) is 29.3 Å². The monoisotopic (exact) mass is 302 g/mol. The number of para-hydroxylation sites is 1. The first-order valence-electron chi connectivity index (χ1n) is 7.54. The van der Waals surface area contributed by atoms with E-state index in [2.05, 4.69) is 42.2 Å². The van der Waals surface area contributed by atoms with Gasteiger partial charge in [-0.1, -0.05) is 61.3 Å². The summed E-state index contributed by atoms with van der Waals surface area (Å²) in [7, 11) is 0. The van der Waals surface area contributed by atoms with E-state index in [0.29, 0.717) is 6.54 Å². The largest absolute Gasteiger partial charge is 0.363 e. The van der Waals surface area contributed by atoms with Crippen molar-refractivity contribution in [3.8, 4) is 0 Å². The van der Waals surface area contributed by atoms with Crippen LogP contribution in [0, 0.1) is 0 Å². The first-order chi connectivity index (χ1) is 10.3. The fourth-order valence-electron chi connectivity index (χ4n) is 2.58. The molecule has 2 N–H and O–H groups in total. The highest BCUT2D eigenvalue weighted by molar-refractivity contribution is 6.31. The van der Waals surface area contributed by atoms with Gasteiger partial charge in [0.05, 0.1) is 6.04 Å². The summed E-state index contributed by atoms with van der Waals surface area (Å²) >= 11 is 6.38. The first-order valence-corrected chi connectivity index (χ1v) is 7.92. The summed E-state index contributed by atoms with van der Waals surface area (Å²) in [5.41, 5.74) is 8.38. The summed E-state index contributed by atoms with van der Waals surface area (Å²) in [6.45, 7) is 3.73. The summed E-state index contributed by atoms with van der Waals surface area (Å²) in [5, 5.41) is 0.783. The minimum atomic E-state index is 0.104. The Kier molecular flexibility index (Phi) is 6.09. The molecule has 2 rings (SSSR count). The highest BCUT2D eigenvalue weighted by atomic mass is 35.5. The van der Waals surface area contributed by atoms with Crippen LogP contribution in [-0.2, 0) is 0 Å². The lowest BCUT2D eigenvalue weighted by Crippen LogP contribution is -2.34. The molecule has 0 aromatic heterocycles. The molecule has 0 saturated heterocycles. The van der Waals surface area contributed by atoms with Gasteiger partial charge in [0.2, 0.25) is 0 Å². The maximum absolute atomic E-state index is 6.38. The molecule has 0 amide bonds. The number of halogens is 1. The van der Waals surface area contributed by atoms with Crippen LogP contribution in [0.15, 0.2) is 54.6 Å². The van der Waals surface area contributed by atoms with Gasteiger partial charge in [0.15, 0.2) is 0 Å². The molecule has 2 aromatic rings. The Labute approximate surface area is 132 Å². The van der Waals surface area contributed by atoms with E-state index >= 15 is 0 Å². The van der Waals surface area contributed by atoms with Gasteiger partial charge >= 0.3 is 0 Å². The smallest absolute Gasteiger partial charge is 0.0679 e. The zero-order chi connectivity index (χ0) is 15.1. The van der Waals surface area contributed by atoms with Gasteiger partial charge in [-0.25, -0.2) is 0 Å². The van der Waals surface area contributed by atoms with Gasteiger partial charge in [-0.15, -0.1) is 0 Å². The fourth-order valence-corrected chi connectivity index (χ4v) is 2.84. The van der Waals surface area contributed by atoms with E-state index in [1.165, 1.54) is 5.69 Å². The third-order valence-electron chi connectivity index (χ3n) is 3.70. The number of unbranched alkanes of at least 4 members (excludes halogenated alkanes) is 1. The van der Waals surface area contributed by atoms with Crippen molar-refractivity contribution in [1.82, 2.24) is 0 Å². The SMILES string of the molecule is CCCCN(c1ccccc1)C(CN)c1ccccc1Cl. The molecular formula is C18H23ClN2. The first kappa shape index (κ1) is 15.9. The van der Waals surface area contributed by atoms with E-state index in [1.54, 1.807) is 0 Å². The van der Waals surface area contributed by atoms with Gasteiger partial charge in [-0.05, 0) is 30.2 Å². The normalized spacial score (nSPS) is 12.1. The zero-order valence-electron chi connectivity index (χ0n) is 12.5. The molecule has 0 aliphatic rings. The Morgan fingerprint density at radius 1 is 1.05 bits per heavy atom. The lowest BCUT2D eigenvalue weighted by molar-refractivity contribution is 0.605. The molecule has 112 valence electrons. The summed E-state index contributed by atoms with van der Waals surface area (Å²) in [6, 6.07) is 18.5. The number of nitrogens with two attached hydrogens (primary N) is 1. The molecule has 0 fully saturated rings. The Hall–Kier alpha value is -1.51. The number of anilines is 1. The molecule has 0 radical (unpaired) electrons. The van der Waals surface area contributed by atoms with E-state index in [9.17, 15) is 0 Å². The molecule has 21 heavy (non-hydrogen) atoms. The quantitative estimate of drug-likeness (QED) is 0.807. The van der Waals surface area contributed by atoms with Crippen molar-refractivity contribution in [2.24, 2.45) is 5.73 Å². The number of hydrogen-bond acceptors (Lipinski definition) is 2. The van der Waals surface area contributed by atoms with Gasteiger partial charge in [0.1, 0.15) is 0 Å². The van der Waals surface area contributed by atoms with Gasteiger partial charge < -0.3 is 10.6 Å². The molecule has 0 aliphatic carbocycles. The van der Waals surface area contributed by atoms with Gasteiger partial charge in [-0.3, -0.25) is 0 Å². The van der Waals surface area contributed by atoms with Crippen molar-refractivity contribution in [2.75, 3.05) is 18.0 Å². The average molecular weight is 303 g/mol. The number of hydrogen-bond donors (Lipinski definition) is 1. The minimum absolute atomic E-state index is 0.104. The van der Waals surface area contributed by atoms with Crippen LogP contribution in [-0.4, -0.2) is 13.1 Å². The molecule has 0 heterocycles. The maximum atomic E-state index is 6.38. The van der Waals surface area contributed by atoms with Crippen molar-refractivity contribution >= 4 is 17.3 Å². The maximum Gasteiger partial charge on any atom is 0.0679 e. The summed E-state index contributed by atoms with van der Waals surface area (Å²) in [6.07, 6.45) is 2.29. The number of rotatable bonds is 7. The average Bonchev–Trinajstić information content (AvgIpc) is 2.53. The van der Waals surface area contributed by atoms with Crippen molar-refractivity contribution in [2.45, 2.75) is 25.8 Å². The summed E-state index contributed by atoms with van der Waals surface area (Å²) in [4.78, 5) is 2.37. The highest BCUT2D eigenvalue weighted by Gasteiger charge is 2.21. The molecule has 0 saturated carbocycles. The summed E-state index contributed by atoms with van der Waals surface area (Å²) < 4.78 is 0. The zero-order valence-corrected chi connectivity index (χ0v) is 13.3. The molecule has 1 unspecified atom stereocenters. The Morgan fingerprint density at radius 3 is 2.33 bits per heavy atom. The van der Waals surface area contributed by atoms with E-state index < -0.39 is 0 Å². The molecular weight excluding hydrogens is 280 g/mol. The van der Waals surface area contributed by atoms with Gasteiger partial charge in [0, 0.05) is 23.8 Å². The van der Waals surface area contributed by atoms with Gasteiger partial charge in [0.25, 0.3) is 0 Å². The van der Waals surface area contributed by atoms with Crippen LogP contribution in [0.4, 0.5) is 5.69 Å². The third-order valence-corrected chi connectivity index (χ3v) is 4.05. The van der Waals surface area contributed by atoms with Crippen LogP contribution in [0.1, 0.15) is 31.4 Å². The second-order valence-electron chi connectivity index (χ2n) is 5.16. The van der Waals surface area contributed by atoms with Gasteiger partial charge in [-0.2, -0.15) is 0 Å². The van der Waals surface area contributed by atoms with E-state index in [-0.39, 0.29) is 6.04 Å². The lowest BCUT2D eigenvalue weighted by Gasteiger charge is -2.34. The van der Waals surface area contributed by atoms with Crippen LogP contribution in [0.5, 0.6) is 0 Å². The molecule has 1 atom stereocenters. The number of nitrogens with zero attached hydrogens (tertiary/aromatic N) is 1. The molecule has 0 bridgehead atoms. The minimum Gasteiger partial charge on any atom is -0.363 e. The second kappa shape index (κ2) is 8.06. The Bertz CT molecular complexity index is 542. The standard InChI is InChI=1S/C18H23ClN2/c1-2-3-13-21(15-9-5-4-6-10-15)18(14-20)16-11-7-8-12-17(16)19/h4-12,18H,2-3,13-14,20H2,1H3. The molecule has 0 spiro atoms. The highest BCUT2D eigenvalue weighted by Crippen LogP contribution is 2.31. The third kappa shape index (κ3) is 3.99. The predicted octanol–water partition coefficient (Wildman–Crippen LogP) is 4.65. The van der Waals surface area contributed by atoms with Crippen molar-refractivity contribution < 1.29 is 0 Å². The second-order valence-corrected chi connectivity index (χ2v) is 5.56. The summed E-state index contributed by atoms with van der Waals surface area (Å²) in [5.74, 6) is 0. The molecule has 2 nitrogen and oxygen atoms in total. The predicted molar refractivity (Wildman–Crippen MR) is 91.9 cm³/mol. The Balaban J connectivity index is 2.36. The van der Waals surface area contributed by atoms with Crippen LogP contribution in [0.25, 0.3) is 0 Å². The van der Waals surface area contributed by atoms with Crippen LogP contribution in [0.3, 0.4) is 0 Å². The lowest BCUT2D eigenvalue weighted by atomic mass is 10.0. The van der Waals surface area contributed by atoms with Crippen molar-refractivity contribution in [3.63, 3.8) is 0 Å². The van der Waals surface area contributed by atoms with Crippen molar-refractivity contribution in [3.05, 3.63) is 65.2 Å². The Morgan fingerprint density at radius 2 is 1.71 bits per heavy atom. The fraction of sp³-hybridized carbons (Fsp3) is 0.333. The van der Waals surface area contributed by atoms with Crippen LogP contribution >= 0.6 is 11.6 Å². The molecule has 2 aromatic carbocycles. The van der Waals surface area contributed by atoms with Crippen LogP contribution in [0.2, 0.25) is 5.02 Å². The van der Waals surface area contributed by atoms with E-state index in [4.69, 9.17) is 17.3 Å². The van der Waals surface area contributed by atoms with Crippen LogP contribution < -0.4 is 10.6 Å². The number of benzene rings is 2. The van der Waals surface area contributed by atoms with E-state index in [0.717, 1.165) is 30.0 Å². The molecule has 3 heteroatoms. The van der Waals surface area contributed by atoms with Crippen molar-refractivity contribution in [1.29, 1.82) is 0 Å². The van der Waals surface area contributed by atoms with E-state index in [1.807, 2.05) is 24.3 Å². The molecule has 0 aliphatic heterocycles.